The minimum Gasteiger partial charge on any atom is -0.365 e. The molecule has 0 saturated heterocycles. The number of aromatic nitrogens is 1. The van der Waals surface area contributed by atoms with Gasteiger partial charge in [0.2, 0.25) is 6.54 Å². The topological polar surface area (TPSA) is 20.1 Å². The van der Waals surface area contributed by atoms with Gasteiger partial charge in [-0.25, -0.2) is 6.57 Å². The minimum atomic E-state index is 0.584. The van der Waals surface area contributed by atoms with Crippen LogP contribution in [0.5, 0.6) is 0 Å². The van der Waals surface area contributed by atoms with E-state index in [0.29, 0.717) is 6.54 Å². The molecular weight excluding hydrogens is 112 g/mol. The van der Waals surface area contributed by atoms with E-state index in [0.717, 1.165) is 12.1 Å². The van der Waals surface area contributed by atoms with Gasteiger partial charge in [0, 0.05) is 11.9 Å². The molecular formula is C7H8N2. The molecule has 0 aliphatic rings. The Labute approximate surface area is 54.3 Å². The average Bonchev–Trinajstić information content (AvgIpc) is 2.34. The first-order chi connectivity index (χ1) is 4.43. The van der Waals surface area contributed by atoms with E-state index in [2.05, 4.69) is 9.83 Å². The Kier molecular flexibility index (Phi) is 1.92. The third kappa shape index (κ3) is 1.61. The Morgan fingerprint density at radius 1 is 1.67 bits per heavy atom. The van der Waals surface area contributed by atoms with Crippen molar-refractivity contribution < 1.29 is 0 Å². The van der Waals surface area contributed by atoms with Crippen molar-refractivity contribution in [2.75, 3.05) is 6.54 Å². The van der Waals surface area contributed by atoms with Crippen LogP contribution >= 0.6 is 0 Å². The van der Waals surface area contributed by atoms with Crippen molar-refractivity contribution >= 4 is 0 Å². The zero-order valence-corrected chi connectivity index (χ0v) is 5.09. The van der Waals surface area contributed by atoms with Gasteiger partial charge in [0.1, 0.15) is 0 Å². The normalized spacial score (nSPS) is 8.78. The Morgan fingerprint density at radius 2 is 2.56 bits per heavy atom. The number of aromatic amines is 1. The molecule has 0 fully saturated rings. The molecule has 0 aliphatic carbocycles. The summed E-state index contributed by atoms with van der Waals surface area (Å²) in [4.78, 5) is 6.27. The first-order valence-electron chi connectivity index (χ1n) is 2.89. The van der Waals surface area contributed by atoms with Crippen LogP contribution in [0.1, 0.15) is 5.69 Å². The fourth-order valence-electron chi connectivity index (χ4n) is 0.699. The Balaban J connectivity index is 2.41. The highest BCUT2D eigenvalue weighted by Gasteiger charge is 1.91. The van der Waals surface area contributed by atoms with Crippen molar-refractivity contribution in [3.63, 3.8) is 0 Å². The van der Waals surface area contributed by atoms with Gasteiger partial charge in [0.25, 0.3) is 0 Å². The summed E-state index contributed by atoms with van der Waals surface area (Å²) in [6.45, 7) is 7.10. The summed E-state index contributed by atoms with van der Waals surface area (Å²) in [5.41, 5.74) is 1.14. The van der Waals surface area contributed by atoms with Gasteiger partial charge in [0.05, 0.1) is 6.42 Å². The lowest BCUT2D eigenvalue weighted by molar-refractivity contribution is 1.02. The van der Waals surface area contributed by atoms with E-state index in [1.807, 2.05) is 18.3 Å². The fourth-order valence-corrected chi connectivity index (χ4v) is 0.699. The predicted octanol–water partition coefficient (Wildman–Crippen LogP) is 1.48. The van der Waals surface area contributed by atoms with Crippen molar-refractivity contribution in [3.8, 4) is 0 Å². The predicted molar refractivity (Wildman–Crippen MR) is 36.0 cm³/mol. The zero-order valence-electron chi connectivity index (χ0n) is 5.09. The van der Waals surface area contributed by atoms with E-state index < -0.39 is 0 Å². The van der Waals surface area contributed by atoms with Crippen LogP contribution in [0.15, 0.2) is 18.3 Å². The van der Waals surface area contributed by atoms with Crippen LogP contribution in [0.4, 0.5) is 0 Å². The molecule has 1 aromatic rings. The molecule has 0 aromatic carbocycles. The molecule has 46 valence electrons. The molecule has 1 heterocycles. The SMILES string of the molecule is [C-]#[N+]CCc1ccc[nH]1. The van der Waals surface area contributed by atoms with E-state index in [9.17, 15) is 0 Å². The van der Waals surface area contributed by atoms with Crippen molar-refractivity contribution in [1.82, 2.24) is 4.98 Å². The lowest BCUT2D eigenvalue weighted by atomic mass is 10.3. The highest BCUT2D eigenvalue weighted by atomic mass is 14.7. The maximum absolute atomic E-state index is 6.52. The van der Waals surface area contributed by atoms with Gasteiger partial charge in [0.15, 0.2) is 0 Å². The van der Waals surface area contributed by atoms with Crippen LogP contribution in [0, 0.1) is 6.57 Å². The van der Waals surface area contributed by atoms with Crippen LogP contribution in [-0.2, 0) is 6.42 Å². The molecule has 1 rings (SSSR count). The van der Waals surface area contributed by atoms with Crippen LogP contribution in [0.3, 0.4) is 0 Å². The van der Waals surface area contributed by atoms with Crippen LogP contribution in [0.25, 0.3) is 4.85 Å². The summed E-state index contributed by atoms with van der Waals surface area (Å²) in [5.74, 6) is 0. The number of nitrogens with zero attached hydrogens (tertiary/aromatic N) is 1. The minimum absolute atomic E-state index is 0.584. The molecule has 0 saturated carbocycles. The second kappa shape index (κ2) is 2.93. The standard InChI is InChI=1S/C7H8N2/c1-8-6-4-7-3-2-5-9-7/h2-3,5,9H,4,6H2. The van der Waals surface area contributed by atoms with Crippen molar-refractivity contribution in [2.45, 2.75) is 6.42 Å². The van der Waals surface area contributed by atoms with Crippen molar-refractivity contribution in [2.24, 2.45) is 0 Å². The first-order valence-corrected chi connectivity index (χ1v) is 2.89. The van der Waals surface area contributed by atoms with Gasteiger partial charge in [-0.2, -0.15) is 0 Å². The average molecular weight is 120 g/mol. The monoisotopic (exact) mass is 120 g/mol. The summed E-state index contributed by atoms with van der Waals surface area (Å²) in [6, 6.07) is 3.93. The Hall–Kier alpha value is -1.23. The molecule has 2 heteroatoms. The smallest absolute Gasteiger partial charge is 0.220 e. The summed E-state index contributed by atoms with van der Waals surface area (Å²) >= 11 is 0. The molecule has 0 spiro atoms. The lowest BCUT2D eigenvalue weighted by Gasteiger charge is -1.84. The van der Waals surface area contributed by atoms with Gasteiger partial charge in [-0.1, -0.05) is 0 Å². The molecule has 0 unspecified atom stereocenters. The van der Waals surface area contributed by atoms with Crippen LogP contribution in [-0.4, -0.2) is 11.5 Å². The van der Waals surface area contributed by atoms with Crippen molar-refractivity contribution in [1.29, 1.82) is 0 Å². The summed E-state index contributed by atoms with van der Waals surface area (Å²) in [5, 5.41) is 0. The molecule has 9 heavy (non-hydrogen) atoms. The Bertz CT molecular complexity index is 193. The fraction of sp³-hybridized carbons (Fsp3) is 0.286. The van der Waals surface area contributed by atoms with Crippen LogP contribution in [0.2, 0.25) is 0 Å². The van der Waals surface area contributed by atoms with E-state index in [-0.39, 0.29) is 0 Å². The molecule has 1 aromatic heterocycles. The number of hydrogen-bond donors (Lipinski definition) is 1. The van der Waals surface area contributed by atoms with Gasteiger partial charge in [-0.3, -0.25) is 0 Å². The van der Waals surface area contributed by atoms with E-state index in [1.165, 1.54) is 0 Å². The second-order valence-electron chi connectivity index (χ2n) is 1.83. The third-order valence-electron chi connectivity index (χ3n) is 1.16. The zero-order chi connectivity index (χ0) is 6.53. The largest absolute Gasteiger partial charge is 0.365 e. The van der Waals surface area contributed by atoms with Crippen LogP contribution < -0.4 is 0 Å². The van der Waals surface area contributed by atoms with Gasteiger partial charge in [-0.05, 0) is 12.1 Å². The Morgan fingerprint density at radius 3 is 3.11 bits per heavy atom. The molecule has 0 radical (unpaired) electrons. The van der Waals surface area contributed by atoms with Gasteiger partial charge >= 0.3 is 0 Å². The van der Waals surface area contributed by atoms with E-state index >= 15 is 0 Å². The maximum Gasteiger partial charge on any atom is 0.220 e. The highest BCUT2D eigenvalue weighted by Crippen LogP contribution is 1.94. The molecule has 1 N–H and O–H groups in total. The first kappa shape index (κ1) is 5.90. The molecule has 0 amide bonds. The molecule has 0 aliphatic heterocycles. The van der Waals surface area contributed by atoms with Gasteiger partial charge in [-0.15, -0.1) is 0 Å². The molecule has 2 nitrogen and oxygen atoms in total. The number of H-pyrrole nitrogens is 1. The molecule has 0 bridgehead atoms. The van der Waals surface area contributed by atoms with E-state index in [1.54, 1.807) is 0 Å². The second-order valence-corrected chi connectivity index (χ2v) is 1.83. The molecule has 0 atom stereocenters. The summed E-state index contributed by atoms with van der Waals surface area (Å²) in [7, 11) is 0. The third-order valence-corrected chi connectivity index (χ3v) is 1.16. The number of nitrogens with one attached hydrogen (secondary N) is 1. The van der Waals surface area contributed by atoms with Gasteiger partial charge < -0.3 is 9.83 Å². The van der Waals surface area contributed by atoms with Crippen molar-refractivity contribution in [3.05, 3.63) is 35.4 Å². The lowest BCUT2D eigenvalue weighted by Crippen LogP contribution is -1.85. The van der Waals surface area contributed by atoms with E-state index in [4.69, 9.17) is 6.57 Å². The summed E-state index contributed by atoms with van der Waals surface area (Å²) in [6.07, 6.45) is 2.72. The summed E-state index contributed by atoms with van der Waals surface area (Å²) < 4.78 is 0. The number of rotatable bonds is 2. The maximum atomic E-state index is 6.52. The highest BCUT2D eigenvalue weighted by molar-refractivity contribution is 5.04. The number of hydrogen-bond acceptors (Lipinski definition) is 0. The quantitative estimate of drug-likeness (QED) is 0.570.